The minimum absolute atomic E-state index is 0.0434. The van der Waals surface area contributed by atoms with Gasteiger partial charge in [-0.3, -0.25) is 9.48 Å². The summed E-state index contributed by atoms with van der Waals surface area (Å²) >= 11 is 1.66. The van der Waals surface area contributed by atoms with Gasteiger partial charge in [-0.25, -0.2) is 0 Å². The summed E-state index contributed by atoms with van der Waals surface area (Å²) in [6.07, 6.45) is 4.67. The number of thiophene rings is 1. The van der Waals surface area contributed by atoms with Crippen LogP contribution in [-0.2, 0) is 6.54 Å². The molecule has 1 atom stereocenters. The highest BCUT2D eigenvalue weighted by atomic mass is 32.1. The molecule has 0 radical (unpaired) electrons. The molecule has 0 saturated heterocycles. The van der Waals surface area contributed by atoms with Gasteiger partial charge in [-0.1, -0.05) is 39.2 Å². The minimum atomic E-state index is -0.180. The maximum absolute atomic E-state index is 12.3. The molecule has 2 N–H and O–H groups in total. The Bertz CT molecular complexity index is 622. The van der Waals surface area contributed by atoms with E-state index in [4.69, 9.17) is 5.11 Å². The van der Waals surface area contributed by atoms with Crippen LogP contribution < -0.4 is 5.32 Å². The summed E-state index contributed by atoms with van der Waals surface area (Å²) in [5.41, 5.74) is 1.45. The molecule has 0 aliphatic rings. The van der Waals surface area contributed by atoms with Crippen molar-refractivity contribution in [2.75, 3.05) is 13.2 Å². The van der Waals surface area contributed by atoms with Crippen LogP contribution in [0.25, 0.3) is 10.6 Å². The molecule has 0 spiro atoms. The lowest BCUT2D eigenvalue weighted by Crippen LogP contribution is -2.29. The van der Waals surface area contributed by atoms with Gasteiger partial charge >= 0.3 is 0 Å². The fraction of sp³-hybridized carbons (Fsp3) is 0.556. The summed E-state index contributed by atoms with van der Waals surface area (Å²) in [5.74, 6) is -0.137. The molecule has 1 unspecified atom stereocenters. The molecule has 0 fully saturated rings. The number of hydrogen-bond acceptors (Lipinski definition) is 4. The van der Waals surface area contributed by atoms with E-state index in [-0.39, 0.29) is 18.4 Å². The summed E-state index contributed by atoms with van der Waals surface area (Å²) in [4.78, 5) is 13.4. The van der Waals surface area contributed by atoms with Crippen molar-refractivity contribution in [1.82, 2.24) is 15.1 Å². The molecular formula is C18H27N3O2S. The highest BCUT2D eigenvalue weighted by Gasteiger charge is 2.16. The molecule has 1 amide bonds. The second-order valence-corrected chi connectivity index (χ2v) is 7.12. The third-order valence-electron chi connectivity index (χ3n) is 3.93. The number of aromatic nitrogens is 2. The van der Waals surface area contributed by atoms with E-state index in [0.717, 1.165) is 23.5 Å². The van der Waals surface area contributed by atoms with Crippen LogP contribution in [0.3, 0.4) is 0 Å². The number of aliphatic hydroxyl groups is 1. The second-order valence-electron chi connectivity index (χ2n) is 6.17. The van der Waals surface area contributed by atoms with E-state index >= 15 is 0 Å². The van der Waals surface area contributed by atoms with E-state index in [1.54, 1.807) is 11.3 Å². The molecule has 2 heterocycles. The Balaban J connectivity index is 2.10. The first kappa shape index (κ1) is 18.7. The third-order valence-corrected chi connectivity index (χ3v) is 4.82. The van der Waals surface area contributed by atoms with Crippen molar-refractivity contribution in [3.05, 3.63) is 29.3 Å². The van der Waals surface area contributed by atoms with Gasteiger partial charge < -0.3 is 10.4 Å². The molecule has 2 aromatic heterocycles. The Kier molecular flexibility index (Phi) is 7.46. The topological polar surface area (TPSA) is 67.2 Å². The lowest BCUT2D eigenvalue weighted by molar-refractivity contribution is 0.0936. The molecule has 132 valence electrons. The smallest absolute Gasteiger partial charge is 0.271 e. The molecule has 2 rings (SSSR count). The predicted molar refractivity (Wildman–Crippen MR) is 98.3 cm³/mol. The normalized spacial score (nSPS) is 12.3. The van der Waals surface area contributed by atoms with Crippen molar-refractivity contribution in [3.8, 4) is 10.6 Å². The predicted octanol–water partition coefficient (Wildman–Crippen LogP) is 3.55. The Morgan fingerprint density at radius 3 is 2.92 bits per heavy atom. The highest BCUT2D eigenvalue weighted by Crippen LogP contribution is 2.26. The lowest BCUT2D eigenvalue weighted by atomic mass is 10.2. The Labute approximate surface area is 147 Å². The van der Waals surface area contributed by atoms with Crippen LogP contribution in [0.2, 0.25) is 0 Å². The van der Waals surface area contributed by atoms with E-state index in [9.17, 15) is 4.79 Å². The van der Waals surface area contributed by atoms with Crippen molar-refractivity contribution in [2.45, 2.75) is 46.1 Å². The summed E-state index contributed by atoms with van der Waals surface area (Å²) in [7, 11) is 0. The van der Waals surface area contributed by atoms with Gasteiger partial charge in [-0.05, 0) is 29.9 Å². The van der Waals surface area contributed by atoms with Crippen molar-refractivity contribution in [3.63, 3.8) is 0 Å². The molecule has 24 heavy (non-hydrogen) atoms. The molecule has 0 saturated carbocycles. The molecular weight excluding hydrogens is 322 g/mol. The number of rotatable bonds is 10. The number of carbonyl (C=O) groups is 1. The van der Waals surface area contributed by atoms with Crippen LogP contribution in [0.4, 0.5) is 0 Å². The number of nitrogens with one attached hydrogen (secondary N) is 1. The average Bonchev–Trinajstić information content (AvgIpc) is 3.25. The molecule has 0 aromatic carbocycles. The SMILES string of the molecule is CCCCCCn1nc(C(=O)NCC(C)CO)cc1-c1cccs1. The van der Waals surface area contributed by atoms with E-state index < -0.39 is 0 Å². The summed E-state index contributed by atoms with van der Waals surface area (Å²) in [6.45, 7) is 5.43. The first-order valence-electron chi connectivity index (χ1n) is 8.66. The van der Waals surface area contributed by atoms with E-state index in [2.05, 4.69) is 23.4 Å². The van der Waals surface area contributed by atoms with Gasteiger partial charge in [0.05, 0.1) is 10.6 Å². The quantitative estimate of drug-likeness (QED) is 0.645. The fourth-order valence-electron chi connectivity index (χ4n) is 2.43. The van der Waals surface area contributed by atoms with Crippen molar-refractivity contribution < 1.29 is 9.90 Å². The number of aryl methyl sites for hydroxylation is 1. The van der Waals surface area contributed by atoms with Crippen LogP contribution in [0.5, 0.6) is 0 Å². The summed E-state index contributed by atoms with van der Waals surface area (Å²) in [5, 5.41) is 18.5. The fourth-order valence-corrected chi connectivity index (χ4v) is 3.18. The van der Waals surface area contributed by atoms with Gasteiger partial charge in [0, 0.05) is 19.7 Å². The standard InChI is InChI=1S/C18H27N3O2S/c1-3-4-5-6-9-21-16(17-8-7-10-24-17)11-15(20-21)18(23)19-12-14(2)13-22/h7-8,10-11,14,22H,3-6,9,12-13H2,1-2H3,(H,19,23). The van der Waals surface area contributed by atoms with Gasteiger partial charge in [-0.2, -0.15) is 5.10 Å². The number of hydrogen-bond donors (Lipinski definition) is 2. The largest absolute Gasteiger partial charge is 0.396 e. The molecule has 0 bridgehead atoms. The van der Waals surface area contributed by atoms with E-state index in [1.165, 1.54) is 19.3 Å². The van der Waals surface area contributed by atoms with Crippen LogP contribution in [0.15, 0.2) is 23.6 Å². The molecule has 0 aliphatic carbocycles. The van der Waals surface area contributed by atoms with Crippen molar-refractivity contribution in [2.24, 2.45) is 5.92 Å². The highest BCUT2D eigenvalue weighted by molar-refractivity contribution is 7.13. The number of amides is 1. The van der Waals surface area contributed by atoms with Gasteiger partial charge in [0.15, 0.2) is 5.69 Å². The first-order valence-corrected chi connectivity index (χ1v) is 9.54. The maximum Gasteiger partial charge on any atom is 0.271 e. The Hall–Kier alpha value is -1.66. The number of aliphatic hydroxyl groups excluding tert-OH is 1. The van der Waals surface area contributed by atoms with E-state index in [1.807, 2.05) is 29.1 Å². The number of carbonyl (C=O) groups excluding carboxylic acids is 1. The second kappa shape index (κ2) is 9.59. The van der Waals surface area contributed by atoms with Crippen molar-refractivity contribution in [1.29, 1.82) is 0 Å². The first-order chi connectivity index (χ1) is 11.7. The molecule has 5 nitrogen and oxygen atoms in total. The monoisotopic (exact) mass is 349 g/mol. The zero-order valence-electron chi connectivity index (χ0n) is 14.5. The van der Waals surface area contributed by atoms with Crippen molar-refractivity contribution >= 4 is 17.2 Å². The average molecular weight is 350 g/mol. The summed E-state index contributed by atoms with van der Waals surface area (Å²) < 4.78 is 1.95. The zero-order valence-corrected chi connectivity index (χ0v) is 15.3. The molecule has 2 aromatic rings. The number of nitrogens with zero attached hydrogens (tertiary/aromatic N) is 2. The van der Waals surface area contributed by atoms with Gasteiger partial charge in [-0.15, -0.1) is 11.3 Å². The van der Waals surface area contributed by atoms with Gasteiger partial charge in [0.25, 0.3) is 5.91 Å². The van der Waals surface area contributed by atoms with Crippen LogP contribution in [0, 0.1) is 5.92 Å². The summed E-state index contributed by atoms with van der Waals surface area (Å²) in [6, 6.07) is 5.93. The van der Waals surface area contributed by atoms with Gasteiger partial charge in [0.1, 0.15) is 0 Å². The van der Waals surface area contributed by atoms with Crippen LogP contribution in [0.1, 0.15) is 50.0 Å². The minimum Gasteiger partial charge on any atom is -0.396 e. The van der Waals surface area contributed by atoms with Gasteiger partial charge in [0.2, 0.25) is 0 Å². The zero-order chi connectivity index (χ0) is 17.4. The lowest BCUT2D eigenvalue weighted by Gasteiger charge is -2.08. The Morgan fingerprint density at radius 1 is 1.42 bits per heavy atom. The Morgan fingerprint density at radius 2 is 2.25 bits per heavy atom. The van der Waals surface area contributed by atoms with E-state index in [0.29, 0.717) is 12.2 Å². The molecule has 0 aliphatic heterocycles. The number of unbranched alkanes of at least 4 members (excludes halogenated alkanes) is 3. The van der Waals surface area contributed by atoms with Crippen LogP contribution in [-0.4, -0.2) is 33.9 Å². The van der Waals surface area contributed by atoms with Crippen LogP contribution >= 0.6 is 11.3 Å². The molecule has 6 heteroatoms. The maximum atomic E-state index is 12.3. The third kappa shape index (κ3) is 5.18.